The highest BCUT2D eigenvalue weighted by molar-refractivity contribution is 9.10. The highest BCUT2D eigenvalue weighted by atomic mass is 79.9. The van der Waals surface area contributed by atoms with Crippen LogP contribution in [0, 0.1) is 0 Å². The van der Waals surface area contributed by atoms with Gasteiger partial charge < -0.3 is 103 Å². The molecule has 2 aliphatic rings. The van der Waals surface area contributed by atoms with Crippen LogP contribution in [0.3, 0.4) is 0 Å². The number of carboxylic acids is 12. The molecule has 0 aliphatic carbocycles. The number of pyridine rings is 2. The second kappa shape index (κ2) is 63.9. The van der Waals surface area contributed by atoms with E-state index in [1.165, 1.54) is 13.8 Å². The van der Waals surface area contributed by atoms with E-state index in [0.717, 1.165) is 10.8 Å². The number of rotatable bonds is 56. The predicted molar refractivity (Wildman–Crippen MR) is 525 cm³/mol. The van der Waals surface area contributed by atoms with E-state index in [1.54, 1.807) is 122 Å². The Hall–Kier alpha value is -14.2. The molecule has 18 N–H and O–H groups in total. The Morgan fingerprint density at radius 1 is 0.340 bits per heavy atom. The topological polar surface area (TPSA) is 715 Å². The number of carbonyl (C=O) groups is 20. The van der Waals surface area contributed by atoms with Crippen LogP contribution in [-0.2, 0) is 103 Å². The molecule has 147 heavy (non-hydrogen) atoms. The third kappa shape index (κ3) is 47.2. The first-order chi connectivity index (χ1) is 69.8. The summed E-state index contributed by atoms with van der Waals surface area (Å²) in [4.78, 5) is 269. The third-order valence-corrected chi connectivity index (χ3v) is 24.8. The normalized spacial score (nSPS) is 15.5. The van der Waals surface area contributed by atoms with E-state index < -0.39 is 143 Å². The number of carbonyl (C=O) groups excluding carboxylic acids is 8. The number of benzene rings is 3. The molecule has 2 fully saturated rings. The molecule has 2 saturated heterocycles. The van der Waals surface area contributed by atoms with Gasteiger partial charge in [-0.1, -0.05) is 54.6 Å². The number of unbranched alkanes of at least 4 members (excludes halogenated alkanes) is 2. The molecule has 6 atom stereocenters. The first-order valence-electron chi connectivity index (χ1n) is 47.6. The Bertz CT molecular complexity index is 5230. The summed E-state index contributed by atoms with van der Waals surface area (Å²) in [6, 6.07) is 16.5. The average molecular weight is 2130 g/mol. The minimum atomic E-state index is -1.36. The molecule has 50 nitrogen and oxygen atoms in total. The highest BCUT2D eigenvalue weighted by Crippen LogP contribution is 2.24. The van der Waals surface area contributed by atoms with Gasteiger partial charge in [0.25, 0.3) is 11.8 Å². The number of fused-ring (bicyclic) bond motifs is 1. The summed E-state index contributed by atoms with van der Waals surface area (Å²) in [6.45, 7) is 2.64. The van der Waals surface area contributed by atoms with Crippen LogP contribution in [0.1, 0.15) is 147 Å². The molecule has 4 heterocycles. The summed E-state index contributed by atoms with van der Waals surface area (Å²) in [5.74, 6) is -16.9. The number of ketones is 2. The minimum Gasteiger partial charge on any atom is -0.481 e. The number of nitrogens with zero attached hydrogens (tertiary/aromatic N) is 12. The number of urea groups is 2. The molecule has 5 aromatic rings. The lowest BCUT2D eigenvalue weighted by molar-refractivity contribution is -0.145. The number of Topliss-reactive ketones (excluding diaryl/α,β-unsaturated/α-hetero) is 2. The number of aliphatic carboxylic acids is 12. The number of nitrogens with one attached hydrogen (secondary N) is 6. The zero-order valence-electron chi connectivity index (χ0n) is 81.8. The van der Waals surface area contributed by atoms with E-state index in [0.29, 0.717) is 51.0 Å². The number of hydrogen-bond donors (Lipinski definition) is 18. The Morgan fingerprint density at radius 3 is 0.980 bits per heavy atom. The molecule has 2 aromatic heterocycles. The quantitative estimate of drug-likeness (QED) is 0.0194. The van der Waals surface area contributed by atoms with Crippen molar-refractivity contribution in [3.8, 4) is 0 Å². The Labute approximate surface area is 854 Å². The third-order valence-electron chi connectivity index (χ3n) is 24.3. The van der Waals surface area contributed by atoms with Crippen molar-refractivity contribution in [2.75, 3.05) is 157 Å². The van der Waals surface area contributed by atoms with Gasteiger partial charge in [-0.2, -0.15) is 0 Å². The zero-order valence-corrected chi connectivity index (χ0v) is 83.3. The van der Waals surface area contributed by atoms with E-state index in [-0.39, 0.29) is 272 Å². The van der Waals surface area contributed by atoms with Crippen molar-refractivity contribution < 1.29 is 157 Å². The maximum absolute atomic E-state index is 14.2. The van der Waals surface area contributed by atoms with Crippen molar-refractivity contribution in [3.63, 3.8) is 0 Å². The molecule has 0 spiro atoms. The molecule has 8 amide bonds. The molecule has 0 saturated carbocycles. The molecule has 2 aliphatic heterocycles. The molecule has 0 bridgehead atoms. The van der Waals surface area contributed by atoms with Crippen LogP contribution >= 0.6 is 15.9 Å². The molecular formula is C96H131BrN18O32. The van der Waals surface area contributed by atoms with Crippen LogP contribution in [0.4, 0.5) is 9.59 Å². The Kier molecular flexibility index (Phi) is 52.8. The second-order valence-corrected chi connectivity index (χ2v) is 36.3. The van der Waals surface area contributed by atoms with Crippen LogP contribution in [0.15, 0.2) is 108 Å². The molecular weight excluding hydrogens is 2000 g/mol. The number of hydrogen-bond acceptors (Lipinski definition) is 30. The van der Waals surface area contributed by atoms with E-state index in [1.807, 2.05) is 30.3 Å². The van der Waals surface area contributed by atoms with Gasteiger partial charge in [-0.05, 0) is 152 Å². The van der Waals surface area contributed by atoms with Gasteiger partial charge in [0.1, 0.15) is 28.8 Å². The monoisotopic (exact) mass is 2130 g/mol. The Balaban J connectivity index is 0.000000449. The zero-order chi connectivity index (χ0) is 108. The van der Waals surface area contributed by atoms with Crippen molar-refractivity contribution in [1.29, 1.82) is 0 Å². The standard InChI is InChI=1S/C50H67N9O16.C46H64BrN9O16/c1-33(60)38(13-16-43(62)63)53-50(75)54-39(48(71)72)8-4-5-19-59(29-40-37-7-3-2-6-35(37)17-18-51-40)47(70)36-11-9-34(10-12-36)28-52-42(61)15-14-41(49(73)74)58-26-24-56(31-45(66)67)22-20-55(30-44(64)65)21-23-57(25-27-58)32-46(68)69;1-30(57)34(10-14-39(59)60)50-46(72)51-35(44(68)69)4-2-3-15-56(26-32-7-12-37(47)48-25-32)43(67)33-8-5-31(6-9-33)24-49-38(58)13-11-36(45(70)71)55-22-20-53(28-41(63)64)18-16-52(27-40(61)62)17-19-54(21-23-55)29-42(65)66/h2-3,6-7,9-12,17-18,38-39,41H,4-5,8,13-16,19-32H2,1H3,(H,52,61)(H,62,63)(H,64,65)(H,66,67)(H,68,69)(H,71,72)(H,73,74)(H2,53,54,75);5-9,12,25,34-36H,2-4,10-11,13-24,26-29H2,1H3,(H,49,58)(H,59,60)(H,61,62)(H,63,64)(H,65,66)(H,68,69)(H,70,71)(H2,50,51,72)/t38-,39-,41?;34-,35-,36?/m11/s1. The lowest BCUT2D eigenvalue weighted by Gasteiger charge is -2.35. The number of carboxylic acid groups (broad SMARTS) is 12. The van der Waals surface area contributed by atoms with Gasteiger partial charge in [0.2, 0.25) is 11.8 Å². The maximum Gasteiger partial charge on any atom is 0.326 e. The molecule has 0 radical (unpaired) electrons. The van der Waals surface area contributed by atoms with Crippen LogP contribution in [0.2, 0.25) is 0 Å². The molecule has 804 valence electrons. The van der Waals surface area contributed by atoms with Gasteiger partial charge in [-0.25, -0.2) is 24.2 Å². The summed E-state index contributed by atoms with van der Waals surface area (Å²) in [5.41, 5.74) is 3.16. The van der Waals surface area contributed by atoms with Gasteiger partial charge in [-0.3, -0.25) is 121 Å². The van der Waals surface area contributed by atoms with Crippen molar-refractivity contribution in [2.24, 2.45) is 0 Å². The highest BCUT2D eigenvalue weighted by Gasteiger charge is 2.34. The lowest BCUT2D eigenvalue weighted by Crippen LogP contribution is -2.52. The fourth-order valence-corrected chi connectivity index (χ4v) is 16.5. The molecule has 3 aromatic carbocycles. The smallest absolute Gasteiger partial charge is 0.326 e. The largest absolute Gasteiger partial charge is 0.481 e. The van der Waals surface area contributed by atoms with Gasteiger partial charge in [0, 0.05) is 192 Å². The van der Waals surface area contributed by atoms with Gasteiger partial charge in [0.15, 0.2) is 11.6 Å². The van der Waals surface area contributed by atoms with Crippen LogP contribution in [0.25, 0.3) is 10.8 Å². The van der Waals surface area contributed by atoms with Crippen molar-refractivity contribution in [1.82, 2.24) is 90.9 Å². The molecule has 51 heteroatoms. The summed E-state index contributed by atoms with van der Waals surface area (Å²) < 4.78 is 0.581. The van der Waals surface area contributed by atoms with E-state index >= 15 is 0 Å². The summed E-state index contributed by atoms with van der Waals surface area (Å²) in [5, 5.41) is 132. The van der Waals surface area contributed by atoms with Crippen molar-refractivity contribution >= 4 is 146 Å². The van der Waals surface area contributed by atoms with Gasteiger partial charge in [0.05, 0.1) is 63.6 Å². The molecule has 2 unspecified atom stereocenters. The van der Waals surface area contributed by atoms with E-state index in [2.05, 4.69) is 57.8 Å². The average Bonchev–Trinajstić information content (AvgIpc) is 0.810. The SMILES string of the molecule is CC(=O)[C@@H](CCC(=O)O)NC(=O)N[C@H](CCCCN(Cc1ccc(Br)nc1)C(=O)c1ccc(CNC(=O)CCC(C(=O)O)N2CCN(CC(=O)O)CCN(CC(=O)O)CCN(CC(=O)O)CC2)cc1)C(=O)O.CC(=O)[C@@H](CCC(=O)O)NC(=O)N[C@H](CCCCN(Cc1nccc2ccccc12)C(=O)c1ccc(CNC(=O)CCC(C(=O)O)N2CCN(CC(=O)O)CCN(CC(=O)O)CCN(CC(=O)O)CC2)cc1)C(=O)O. The van der Waals surface area contributed by atoms with Gasteiger partial charge in [-0.15, -0.1) is 0 Å². The van der Waals surface area contributed by atoms with E-state index in [4.69, 9.17) is 10.2 Å². The van der Waals surface area contributed by atoms with Crippen LogP contribution < -0.4 is 31.9 Å². The van der Waals surface area contributed by atoms with Crippen LogP contribution in [-0.4, -0.2) is 432 Å². The van der Waals surface area contributed by atoms with Crippen molar-refractivity contribution in [2.45, 2.75) is 166 Å². The second-order valence-electron chi connectivity index (χ2n) is 35.4. The minimum absolute atomic E-state index is 0.0279. The Morgan fingerprint density at radius 2 is 0.667 bits per heavy atom. The first-order valence-corrected chi connectivity index (χ1v) is 48.4. The number of halogens is 1. The van der Waals surface area contributed by atoms with Crippen LogP contribution in [0.5, 0.6) is 0 Å². The fraction of sp³-hybridized carbons (Fsp3) is 0.521. The first kappa shape index (κ1) is 121. The predicted octanol–water partition coefficient (Wildman–Crippen LogP) is 1.50. The fourth-order valence-electron chi connectivity index (χ4n) is 16.3. The summed E-state index contributed by atoms with van der Waals surface area (Å²) in [6.07, 6.45) is 2.48. The molecule has 7 rings (SSSR count). The van der Waals surface area contributed by atoms with Crippen molar-refractivity contribution in [3.05, 3.63) is 142 Å². The van der Waals surface area contributed by atoms with E-state index in [9.17, 15) is 147 Å². The maximum atomic E-state index is 14.2. The number of aromatic nitrogens is 2. The summed E-state index contributed by atoms with van der Waals surface area (Å²) >= 11 is 3.29. The lowest BCUT2D eigenvalue weighted by atomic mass is 10.1. The summed E-state index contributed by atoms with van der Waals surface area (Å²) in [7, 11) is 0. The number of amides is 8. The van der Waals surface area contributed by atoms with Gasteiger partial charge >= 0.3 is 83.7 Å².